The van der Waals surface area contributed by atoms with Gasteiger partial charge in [0, 0.05) is 5.56 Å². The Labute approximate surface area is 105 Å². The third-order valence-corrected chi connectivity index (χ3v) is 2.55. The zero-order valence-electron chi connectivity index (χ0n) is 9.96. The molecule has 0 fully saturated rings. The third-order valence-electron chi connectivity index (χ3n) is 2.55. The standard InChI is InChI=1S/C14H12N2O2/c1-3-9-16(10-17)14-11(2)18-15-13(14)12-7-5-4-6-8-12/h1,4-8,10H,9H2,2H3. The van der Waals surface area contributed by atoms with Crippen LogP contribution in [-0.4, -0.2) is 18.1 Å². The van der Waals surface area contributed by atoms with E-state index in [1.54, 1.807) is 6.92 Å². The number of hydrogen-bond acceptors (Lipinski definition) is 3. The van der Waals surface area contributed by atoms with E-state index in [1.165, 1.54) is 4.90 Å². The lowest BCUT2D eigenvalue weighted by atomic mass is 10.1. The van der Waals surface area contributed by atoms with Crippen molar-refractivity contribution in [1.29, 1.82) is 0 Å². The molecule has 0 saturated carbocycles. The van der Waals surface area contributed by atoms with Crippen LogP contribution in [0, 0.1) is 19.3 Å². The largest absolute Gasteiger partial charge is 0.359 e. The van der Waals surface area contributed by atoms with Crippen LogP contribution in [0.3, 0.4) is 0 Å². The smallest absolute Gasteiger partial charge is 0.215 e. The molecule has 0 aliphatic carbocycles. The minimum absolute atomic E-state index is 0.186. The number of anilines is 1. The van der Waals surface area contributed by atoms with Crippen molar-refractivity contribution in [3.63, 3.8) is 0 Å². The number of terminal acetylenes is 1. The number of aryl methyl sites for hydroxylation is 1. The lowest BCUT2D eigenvalue weighted by Crippen LogP contribution is -2.22. The van der Waals surface area contributed by atoms with Crippen molar-refractivity contribution in [2.75, 3.05) is 11.4 Å². The number of rotatable bonds is 4. The van der Waals surface area contributed by atoms with Gasteiger partial charge >= 0.3 is 0 Å². The van der Waals surface area contributed by atoms with Crippen LogP contribution < -0.4 is 4.90 Å². The van der Waals surface area contributed by atoms with Gasteiger partial charge in [0.25, 0.3) is 0 Å². The molecule has 1 amide bonds. The highest BCUT2D eigenvalue weighted by Crippen LogP contribution is 2.32. The van der Waals surface area contributed by atoms with E-state index in [0.29, 0.717) is 23.6 Å². The summed E-state index contributed by atoms with van der Waals surface area (Å²) in [5.74, 6) is 3.00. The molecule has 0 atom stereocenters. The Bertz CT molecular complexity index is 582. The molecule has 2 rings (SSSR count). The van der Waals surface area contributed by atoms with Crippen LogP contribution in [-0.2, 0) is 4.79 Å². The van der Waals surface area contributed by atoms with Gasteiger partial charge in [-0.3, -0.25) is 9.69 Å². The van der Waals surface area contributed by atoms with E-state index in [-0.39, 0.29) is 6.54 Å². The Balaban J connectivity index is 2.51. The lowest BCUT2D eigenvalue weighted by molar-refractivity contribution is -0.107. The van der Waals surface area contributed by atoms with E-state index in [0.717, 1.165) is 5.56 Å². The van der Waals surface area contributed by atoms with Crippen molar-refractivity contribution in [3.05, 3.63) is 36.1 Å². The Morgan fingerprint density at radius 2 is 2.17 bits per heavy atom. The van der Waals surface area contributed by atoms with Gasteiger partial charge in [-0.05, 0) is 6.92 Å². The summed E-state index contributed by atoms with van der Waals surface area (Å²) < 4.78 is 5.16. The molecule has 4 heteroatoms. The molecule has 0 radical (unpaired) electrons. The average molecular weight is 240 g/mol. The molecule has 0 aliphatic rings. The fourth-order valence-electron chi connectivity index (χ4n) is 1.76. The summed E-state index contributed by atoms with van der Waals surface area (Å²) in [4.78, 5) is 12.5. The Hall–Kier alpha value is -2.54. The monoisotopic (exact) mass is 240 g/mol. The summed E-state index contributed by atoms with van der Waals surface area (Å²) >= 11 is 0. The molecule has 1 aromatic carbocycles. The first-order valence-corrected chi connectivity index (χ1v) is 5.45. The second-order valence-corrected chi connectivity index (χ2v) is 3.74. The van der Waals surface area contributed by atoms with Gasteiger partial charge < -0.3 is 4.52 Å². The number of aromatic nitrogens is 1. The van der Waals surface area contributed by atoms with Crippen molar-refractivity contribution in [2.45, 2.75) is 6.92 Å². The van der Waals surface area contributed by atoms with Gasteiger partial charge in [-0.1, -0.05) is 41.4 Å². The van der Waals surface area contributed by atoms with Crippen molar-refractivity contribution in [1.82, 2.24) is 5.16 Å². The second-order valence-electron chi connectivity index (χ2n) is 3.74. The van der Waals surface area contributed by atoms with Gasteiger partial charge in [-0.15, -0.1) is 6.42 Å². The highest BCUT2D eigenvalue weighted by atomic mass is 16.5. The van der Waals surface area contributed by atoms with Crippen LogP contribution in [0.2, 0.25) is 0 Å². The van der Waals surface area contributed by atoms with Crippen LogP contribution in [0.25, 0.3) is 11.3 Å². The molecule has 0 unspecified atom stereocenters. The zero-order chi connectivity index (χ0) is 13.0. The van der Waals surface area contributed by atoms with Gasteiger partial charge in [0.1, 0.15) is 11.4 Å². The summed E-state index contributed by atoms with van der Waals surface area (Å²) in [5, 5.41) is 3.99. The van der Waals surface area contributed by atoms with Crippen LogP contribution in [0.5, 0.6) is 0 Å². The number of nitrogens with zero attached hydrogens (tertiary/aromatic N) is 2. The summed E-state index contributed by atoms with van der Waals surface area (Å²) in [5.41, 5.74) is 2.12. The van der Waals surface area contributed by atoms with Crippen molar-refractivity contribution >= 4 is 12.1 Å². The first kappa shape index (κ1) is 11.9. The van der Waals surface area contributed by atoms with E-state index >= 15 is 0 Å². The second kappa shape index (κ2) is 5.19. The quantitative estimate of drug-likeness (QED) is 0.608. The molecule has 0 saturated heterocycles. The van der Waals surface area contributed by atoms with Crippen LogP contribution in [0.1, 0.15) is 5.76 Å². The van der Waals surface area contributed by atoms with Gasteiger partial charge in [0.15, 0.2) is 5.76 Å². The number of hydrogen-bond donors (Lipinski definition) is 0. The molecule has 0 spiro atoms. The minimum Gasteiger partial charge on any atom is -0.359 e. The molecule has 1 heterocycles. The lowest BCUT2D eigenvalue weighted by Gasteiger charge is -2.13. The minimum atomic E-state index is 0.186. The van der Waals surface area contributed by atoms with Gasteiger partial charge in [0.2, 0.25) is 6.41 Å². The first-order chi connectivity index (χ1) is 8.77. The third kappa shape index (κ3) is 2.11. The normalized spacial score (nSPS) is 9.78. The summed E-state index contributed by atoms with van der Waals surface area (Å²) in [7, 11) is 0. The number of carbonyl (C=O) groups is 1. The van der Waals surface area contributed by atoms with Gasteiger partial charge in [0.05, 0.1) is 6.54 Å². The van der Waals surface area contributed by atoms with Crippen molar-refractivity contribution < 1.29 is 9.32 Å². The van der Waals surface area contributed by atoms with Crippen LogP contribution in [0.15, 0.2) is 34.9 Å². The van der Waals surface area contributed by atoms with Crippen LogP contribution >= 0.6 is 0 Å². The van der Waals surface area contributed by atoms with E-state index in [2.05, 4.69) is 11.1 Å². The molecule has 0 N–H and O–H groups in total. The fourth-order valence-corrected chi connectivity index (χ4v) is 1.76. The SMILES string of the molecule is C#CCN(C=O)c1c(-c2ccccc2)noc1C. The van der Waals surface area contributed by atoms with Crippen LogP contribution in [0.4, 0.5) is 5.69 Å². The molecule has 90 valence electrons. The molecular weight excluding hydrogens is 228 g/mol. The highest BCUT2D eigenvalue weighted by Gasteiger charge is 2.19. The topological polar surface area (TPSA) is 46.3 Å². The predicted octanol–water partition coefficient (Wildman–Crippen LogP) is 2.25. The number of benzene rings is 1. The van der Waals surface area contributed by atoms with Crippen molar-refractivity contribution in [2.24, 2.45) is 0 Å². The maximum absolute atomic E-state index is 11.1. The summed E-state index contributed by atoms with van der Waals surface area (Å²) in [6.45, 7) is 1.94. The number of carbonyl (C=O) groups excluding carboxylic acids is 1. The average Bonchev–Trinajstić information content (AvgIpc) is 2.79. The van der Waals surface area contributed by atoms with E-state index in [1.807, 2.05) is 30.3 Å². The predicted molar refractivity (Wildman–Crippen MR) is 68.9 cm³/mol. The van der Waals surface area contributed by atoms with E-state index in [4.69, 9.17) is 10.9 Å². The maximum atomic E-state index is 11.1. The molecule has 0 bridgehead atoms. The summed E-state index contributed by atoms with van der Waals surface area (Å²) in [6.07, 6.45) is 5.93. The highest BCUT2D eigenvalue weighted by molar-refractivity contribution is 5.86. The summed E-state index contributed by atoms with van der Waals surface area (Å²) in [6, 6.07) is 9.51. The first-order valence-electron chi connectivity index (χ1n) is 5.45. The maximum Gasteiger partial charge on any atom is 0.215 e. The van der Waals surface area contributed by atoms with Gasteiger partial charge in [-0.25, -0.2) is 0 Å². The van der Waals surface area contributed by atoms with Gasteiger partial charge in [-0.2, -0.15) is 0 Å². The zero-order valence-corrected chi connectivity index (χ0v) is 9.96. The van der Waals surface area contributed by atoms with Crippen molar-refractivity contribution in [3.8, 4) is 23.6 Å². The molecule has 1 aromatic heterocycles. The Morgan fingerprint density at radius 1 is 1.44 bits per heavy atom. The molecule has 2 aromatic rings. The number of amides is 1. The van der Waals surface area contributed by atoms with E-state index < -0.39 is 0 Å². The van der Waals surface area contributed by atoms with E-state index in [9.17, 15) is 4.79 Å². The molecule has 0 aliphatic heterocycles. The fraction of sp³-hybridized carbons (Fsp3) is 0.143. The Kier molecular flexibility index (Phi) is 3.44. The molecule has 4 nitrogen and oxygen atoms in total. The Morgan fingerprint density at radius 3 is 2.78 bits per heavy atom. The molecular formula is C14H12N2O2. The molecule has 18 heavy (non-hydrogen) atoms.